The zero-order valence-electron chi connectivity index (χ0n) is 7.82. The number of nitrogens with two attached hydrogens (primary N) is 1. The van der Waals surface area contributed by atoms with E-state index in [1.54, 1.807) is 0 Å². The number of nitrogens with one attached hydrogen (secondary N) is 1. The molecule has 0 aromatic heterocycles. The maximum absolute atomic E-state index is 13.3. The van der Waals surface area contributed by atoms with Crippen LogP contribution in [0, 0.1) is 5.82 Å². The van der Waals surface area contributed by atoms with Crippen molar-refractivity contribution in [3.63, 3.8) is 0 Å². The molecule has 0 spiro atoms. The number of benzene rings is 1. The molecule has 3 N–H and O–H groups in total. The number of rotatable bonds is 3. The summed E-state index contributed by atoms with van der Waals surface area (Å²) in [4.78, 5) is 0.0554. The van der Waals surface area contributed by atoms with Crippen LogP contribution in [0.1, 0.15) is 5.56 Å². The summed E-state index contributed by atoms with van der Waals surface area (Å²) in [5.41, 5.74) is 5.51. The van der Waals surface area contributed by atoms with Crippen molar-refractivity contribution in [3.05, 3.63) is 29.6 Å². The monoisotopic (exact) mass is 248 g/mol. The third-order valence-electron chi connectivity index (χ3n) is 1.55. The molecule has 0 saturated carbocycles. The van der Waals surface area contributed by atoms with E-state index in [0.717, 1.165) is 12.3 Å². The van der Waals surface area contributed by atoms with Crippen molar-refractivity contribution in [2.45, 2.75) is 0 Å². The average molecular weight is 248 g/mol. The van der Waals surface area contributed by atoms with E-state index in [4.69, 9.17) is 5.73 Å². The number of hydrogen-bond donors (Lipinski definition) is 2. The topological polar surface area (TPSA) is 72.2 Å². The van der Waals surface area contributed by atoms with Crippen molar-refractivity contribution in [2.75, 3.05) is 11.0 Å². The lowest BCUT2D eigenvalue weighted by molar-refractivity contribution is 0.603. The fraction of sp³-hybridized carbons (Fsp3) is 0.125. The summed E-state index contributed by atoms with van der Waals surface area (Å²) in [6, 6.07) is 3.79. The summed E-state index contributed by atoms with van der Waals surface area (Å²) in [6.07, 6.45) is 0.938. The van der Waals surface area contributed by atoms with Crippen LogP contribution >= 0.6 is 12.2 Å². The van der Waals surface area contributed by atoms with Gasteiger partial charge in [-0.25, -0.2) is 12.8 Å². The highest BCUT2D eigenvalue weighted by atomic mass is 32.2. The van der Waals surface area contributed by atoms with Crippen LogP contribution in [-0.2, 0) is 10.0 Å². The van der Waals surface area contributed by atoms with E-state index < -0.39 is 15.8 Å². The Morgan fingerprint density at radius 2 is 2.13 bits per heavy atom. The average Bonchev–Trinajstić information content (AvgIpc) is 2.05. The van der Waals surface area contributed by atoms with E-state index in [-0.39, 0.29) is 10.7 Å². The lowest BCUT2D eigenvalue weighted by Crippen LogP contribution is -2.13. The van der Waals surface area contributed by atoms with E-state index in [9.17, 15) is 12.8 Å². The molecule has 0 heterocycles. The van der Waals surface area contributed by atoms with E-state index >= 15 is 0 Å². The van der Waals surface area contributed by atoms with Gasteiger partial charge in [-0.15, -0.1) is 0 Å². The lowest BCUT2D eigenvalue weighted by atomic mass is 10.2. The van der Waals surface area contributed by atoms with Crippen molar-refractivity contribution in [1.82, 2.24) is 0 Å². The number of thiocarbonyl (C=S) groups is 1. The largest absolute Gasteiger partial charge is 0.389 e. The van der Waals surface area contributed by atoms with Crippen LogP contribution < -0.4 is 10.5 Å². The van der Waals surface area contributed by atoms with Gasteiger partial charge in [0, 0.05) is 5.56 Å². The smallest absolute Gasteiger partial charge is 0.229 e. The molecule has 0 saturated heterocycles. The van der Waals surface area contributed by atoms with Crippen molar-refractivity contribution in [3.8, 4) is 0 Å². The number of sulfonamides is 1. The first kappa shape index (κ1) is 11.9. The summed E-state index contributed by atoms with van der Waals surface area (Å²) in [6.45, 7) is 0. The first-order valence-corrected chi connectivity index (χ1v) is 6.17. The van der Waals surface area contributed by atoms with Gasteiger partial charge in [0.25, 0.3) is 0 Å². The summed E-state index contributed by atoms with van der Waals surface area (Å²) in [7, 11) is -3.49. The van der Waals surface area contributed by atoms with E-state index in [1.165, 1.54) is 12.1 Å². The van der Waals surface area contributed by atoms with Crippen LogP contribution in [-0.4, -0.2) is 19.7 Å². The van der Waals surface area contributed by atoms with Crippen LogP contribution in [0.25, 0.3) is 0 Å². The Morgan fingerprint density at radius 3 is 2.53 bits per heavy atom. The molecule has 15 heavy (non-hydrogen) atoms. The molecule has 7 heteroatoms. The first-order chi connectivity index (χ1) is 6.79. The van der Waals surface area contributed by atoms with Gasteiger partial charge in [-0.1, -0.05) is 12.2 Å². The summed E-state index contributed by atoms with van der Waals surface area (Å²) in [5.74, 6) is -0.717. The molecule has 1 rings (SSSR count). The van der Waals surface area contributed by atoms with Gasteiger partial charge in [-0.3, -0.25) is 4.72 Å². The second kappa shape index (κ2) is 4.11. The normalized spacial score (nSPS) is 11.1. The van der Waals surface area contributed by atoms with Crippen LogP contribution in [0.4, 0.5) is 10.1 Å². The van der Waals surface area contributed by atoms with Gasteiger partial charge >= 0.3 is 0 Å². The van der Waals surface area contributed by atoms with E-state index in [1.807, 2.05) is 4.72 Å². The Morgan fingerprint density at radius 1 is 1.53 bits per heavy atom. The van der Waals surface area contributed by atoms with Crippen LogP contribution in [0.2, 0.25) is 0 Å². The Balaban J connectivity index is 3.09. The van der Waals surface area contributed by atoms with Gasteiger partial charge in [0.2, 0.25) is 10.0 Å². The standard InChI is InChI=1S/C8H9FN2O2S2/c1-15(12,13)11-7-3-2-5(8(10)14)4-6(7)9/h2-4,11H,1H3,(H2,10,14). The van der Waals surface area contributed by atoms with Crippen molar-refractivity contribution < 1.29 is 12.8 Å². The molecule has 0 aliphatic rings. The van der Waals surface area contributed by atoms with Gasteiger partial charge < -0.3 is 5.73 Å². The zero-order valence-corrected chi connectivity index (χ0v) is 9.45. The molecule has 4 nitrogen and oxygen atoms in total. The summed E-state index contributed by atoms with van der Waals surface area (Å²) in [5, 5.41) is 0. The first-order valence-electron chi connectivity index (χ1n) is 3.87. The molecule has 0 bridgehead atoms. The van der Waals surface area contributed by atoms with Gasteiger partial charge in [0.1, 0.15) is 10.8 Å². The third-order valence-corrected chi connectivity index (χ3v) is 2.38. The maximum atomic E-state index is 13.3. The molecule has 0 amide bonds. The van der Waals surface area contributed by atoms with Crippen LogP contribution in [0.3, 0.4) is 0 Å². The maximum Gasteiger partial charge on any atom is 0.229 e. The highest BCUT2D eigenvalue weighted by Crippen LogP contribution is 2.16. The predicted octanol–water partition coefficient (Wildman–Crippen LogP) is 0.831. The highest BCUT2D eigenvalue weighted by Gasteiger charge is 2.08. The Kier molecular flexibility index (Phi) is 3.25. The molecular weight excluding hydrogens is 239 g/mol. The Labute approximate surface area is 92.3 Å². The molecule has 0 aliphatic heterocycles. The quantitative estimate of drug-likeness (QED) is 0.777. The number of halogens is 1. The number of anilines is 1. The van der Waals surface area contributed by atoms with Crippen molar-refractivity contribution in [2.24, 2.45) is 5.73 Å². The summed E-state index contributed by atoms with van der Waals surface area (Å²) >= 11 is 4.65. The van der Waals surface area contributed by atoms with Gasteiger partial charge in [0.15, 0.2) is 0 Å². The molecule has 0 radical (unpaired) electrons. The second-order valence-corrected chi connectivity index (χ2v) is 5.12. The predicted molar refractivity (Wildman–Crippen MR) is 60.8 cm³/mol. The van der Waals surface area contributed by atoms with E-state index in [2.05, 4.69) is 12.2 Å². The fourth-order valence-corrected chi connectivity index (χ4v) is 1.64. The second-order valence-electron chi connectivity index (χ2n) is 2.93. The fourth-order valence-electron chi connectivity index (χ4n) is 0.951. The SMILES string of the molecule is CS(=O)(=O)Nc1ccc(C(N)=S)cc1F. The van der Waals surface area contributed by atoms with Crippen LogP contribution in [0.5, 0.6) is 0 Å². The van der Waals surface area contributed by atoms with Crippen molar-refractivity contribution >= 4 is 32.9 Å². The van der Waals surface area contributed by atoms with Gasteiger partial charge in [0.05, 0.1) is 11.9 Å². The Bertz CT molecular complexity index is 499. The van der Waals surface area contributed by atoms with Crippen LogP contribution in [0.15, 0.2) is 18.2 Å². The molecule has 1 aromatic carbocycles. The third kappa shape index (κ3) is 3.45. The molecule has 82 valence electrons. The number of hydrogen-bond acceptors (Lipinski definition) is 3. The minimum atomic E-state index is -3.49. The molecular formula is C8H9FN2O2S2. The molecule has 0 unspecified atom stereocenters. The zero-order chi connectivity index (χ0) is 11.6. The van der Waals surface area contributed by atoms with Crippen molar-refractivity contribution in [1.29, 1.82) is 0 Å². The van der Waals surface area contributed by atoms with Gasteiger partial charge in [-0.05, 0) is 18.2 Å². The Hall–Kier alpha value is -1.21. The molecule has 1 aromatic rings. The van der Waals surface area contributed by atoms with E-state index in [0.29, 0.717) is 5.56 Å². The minimum Gasteiger partial charge on any atom is -0.389 e. The molecule has 0 fully saturated rings. The van der Waals surface area contributed by atoms with Gasteiger partial charge in [-0.2, -0.15) is 0 Å². The summed E-state index contributed by atoms with van der Waals surface area (Å²) < 4.78 is 37.0. The molecule has 0 aliphatic carbocycles. The lowest BCUT2D eigenvalue weighted by Gasteiger charge is -2.06. The minimum absolute atomic E-state index is 0.0554. The highest BCUT2D eigenvalue weighted by molar-refractivity contribution is 7.92. The molecule has 0 atom stereocenters.